The molecule has 0 aliphatic heterocycles. The van der Waals surface area contributed by atoms with Crippen LogP contribution in [0.5, 0.6) is 0 Å². The van der Waals surface area contributed by atoms with Crippen LogP contribution in [0.15, 0.2) is 24.3 Å². The van der Waals surface area contributed by atoms with Gasteiger partial charge in [-0.2, -0.15) is 0 Å². The lowest BCUT2D eigenvalue weighted by molar-refractivity contribution is 0.195. The Balaban J connectivity index is 1.79. The molecule has 0 aromatic heterocycles. The molecular formula is C14H18O. The maximum Gasteiger partial charge on any atom is 0.0487 e. The van der Waals surface area contributed by atoms with Crippen LogP contribution >= 0.6 is 0 Å². The van der Waals surface area contributed by atoms with Gasteiger partial charge in [0.1, 0.15) is 0 Å². The van der Waals surface area contributed by atoms with Crippen molar-refractivity contribution in [2.45, 2.75) is 38.0 Å². The van der Waals surface area contributed by atoms with Gasteiger partial charge in [0.05, 0.1) is 0 Å². The van der Waals surface area contributed by atoms with E-state index in [0.717, 1.165) is 5.92 Å². The number of aliphatic hydroxyl groups is 1. The number of aliphatic hydroxyl groups excluding tert-OH is 1. The van der Waals surface area contributed by atoms with Crippen LogP contribution in [0.25, 0.3) is 0 Å². The Labute approximate surface area is 91.1 Å². The van der Waals surface area contributed by atoms with Crippen molar-refractivity contribution in [1.29, 1.82) is 0 Å². The molecule has 1 fully saturated rings. The van der Waals surface area contributed by atoms with Crippen molar-refractivity contribution >= 4 is 0 Å². The number of aryl methyl sites for hydroxylation is 1. The van der Waals surface area contributed by atoms with Crippen LogP contribution in [0.2, 0.25) is 0 Å². The monoisotopic (exact) mass is 202 g/mol. The van der Waals surface area contributed by atoms with Gasteiger partial charge in [-0.15, -0.1) is 0 Å². The molecule has 15 heavy (non-hydrogen) atoms. The van der Waals surface area contributed by atoms with Gasteiger partial charge in [-0.3, -0.25) is 0 Å². The lowest BCUT2D eigenvalue weighted by atomic mass is 9.88. The third-order valence-corrected chi connectivity index (χ3v) is 4.23. The molecule has 1 aromatic rings. The van der Waals surface area contributed by atoms with Crippen molar-refractivity contribution in [3.05, 3.63) is 35.4 Å². The molecule has 0 radical (unpaired) electrons. The predicted molar refractivity (Wildman–Crippen MR) is 60.9 cm³/mol. The van der Waals surface area contributed by atoms with Gasteiger partial charge in [-0.25, -0.2) is 0 Å². The zero-order chi connectivity index (χ0) is 10.3. The Bertz CT molecular complexity index is 365. The molecule has 1 heteroatoms. The van der Waals surface area contributed by atoms with Crippen LogP contribution in [-0.2, 0) is 6.42 Å². The van der Waals surface area contributed by atoms with Crippen molar-refractivity contribution in [3.63, 3.8) is 0 Å². The van der Waals surface area contributed by atoms with Crippen molar-refractivity contribution in [3.8, 4) is 0 Å². The van der Waals surface area contributed by atoms with Crippen molar-refractivity contribution in [2.75, 3.05) is 6.61 Å². The van der Waals surface area contributed by atoms with E-state index in [9.17, 15) is 5.11 Å². The van der Waals surface area contributed by atoms with E-state index >= 15 is 0 Å². The highest BCUT2D eigenvalue weighted by Crippen LogP contribution is 2.54. The molecule has 0 amide bonds. The highest BCUT2D eigenvalue weighted by atomic mass is 16.3. The van der Waals surface area contributed by atoms with Gasteiger partial charge in [0.2, 0.25) is 0 Å². The standard InChI is InChI=1S/C14H18O/c15-10-14(7-8-14)9-12-6-5-11-3-1-2-4-13(11)12/h1-4,12,15H,5-10H2. The maximum absolute atomic E-state index is 9.36. The molecule has 0 bridgehead atoms. The minimum absolute atomic E-state index is 0.308. The van der Waals surface area contributed by atoms with Gasteiger partial charge in [0, 0.05) is 6.61 Å². The van der Waals surface area contributed by atoms with E-state index in [1.54, 1.807) is 5.56 Å². The number of hydrogen-bond acceptors (Lipinski definition) is 1. The van der Waals surface area contributed by atoms with E-state index in [-0.39, 0.29) is 0 Å². The molecule has 1 saturated carbocycles. The zero-order valence-corrected chi connectivity index (χ0v) is 9.08. The SMILES string of the molecule is OCC1(CC2CCc3ccccc32)CC1. The van der Waals surface area contributed by atoms with E-state index < -0.39 is 0 Å². The Hall–Kier alpha value is -0.820. The zero-order valence-electron chi connectivity index (χ0n) is 9.08. The molecule has 0 saturated heterocycles. The van der Waals surface area contributed by atoms with Crippen LogP contribution in [0.4, 0.5) is 0 Å². The van der Waals surface area contributed by atoms with Gasteiger partial charge >= 0.3 is 0 Å². The maximum atomic E-state index is 9.36. The van der Waals surface area contributed by atoms with Gasteiger partial charge in [-0.05, 0) is 54.6 Å². The first-order chi connectivity index (χ1) is 7.33. The summed E-state index contributed by atoms with van der Waals surface area (Å²) in [5.74, 6) is 0.718. The molecule has 1 nitrogen and oxygen atoms in total. The fourth-order valence-electron chi connectivity index (χ4n) is 2.98. The highest BCUT2D eigenvalue weighted by molar-refractivity contribution is 5.35. The van der Waals surface area contributed by atoms with E-state index in [4.69, 9.17) is 0 Å². The van der Waals surface area contributed by atoms with E-state index in [1.165, 1.54) is 37.7 Å². The summed E-state index contributed by atoms with van der Waals surface area (Å²) in [6.07, 6.45) is 6.22. The fraction of sp³-hybridized carbons (Fsp3) is 0.571. The Morgan fingerprint density at radius 1 is 1.27 bits per heavy atom. The minimum Gasteiger partial charge on any atom is -0.396 e. The topological polar surface area (TPSA) is 20.2 Å². The Kier molecular flexibility index (Phi) is 2.10. The molecule has 1 aromatic carbocycles. The lowest BCUT2D eigenvalue weighted by Crippen LogP contribution is -2.10. The summed E-state index contributed by atoms with van der Waals surface area (Å²) in [5, 5.41) is 9.36. The van der Waals surface area contributed by atoms with E-state index in [1.807, 2.05) is 0 Å². The van der Waals surface area contributed by atoms with Gasteiger partial charge in [0.15, 0.2) is 0 Å². The molecule has 0 spiro atoms. The van der Waals surface area contributed by atoms with Gasteiger partial charge < -0.3 is 5.11 Å². The van der Waals surface area contributed by atoms with Crippen LogP contribution < -0.4 is 0 Å². The summed E-state index contributed by atoms with van der Waals surface area (Å²) in [5.41, 5.74) is 3.40. The van der Waals surface area contributed by atoms with Gasteiger partial charge in [0.25, 0.3) is 0 Å². The second-order valence-corrected chi connectivity index (χ2v) is 5.30. The lowest BCUT2D eigenvalue weighted by Gasteiger charge is -2.18. The summed E-state index contributed by atoms with van der Waals surface area (Å²) in [4.78, 5) is 0. The van der Waals surface area contributed by atoms with E-state index in [0.29, 0.717) is 12.0 Å². The summed E-state index contributed by atoms with van der Waals surface area (Å²) in [7, 11) is 0. The molecule has 1 atom stereocenters. The molecule has 80 valence electrons. The first kappa shape index (κ1) is 9.41. The van der Waals surface area contributed by atoms with Crippen molar-refractivity contribution in [2.24, 2.45) is 5.41 Å². The second-order valence-electron chi connectivity index (χ2n) is 5.30. The van der Waals surface area contributed by atoms with E-state index in [2.05, 4.69) is 24.3 Å². The van der Waals surface area contributed by atoms with Crippen LogP contribution in [-0.4, -0.2) is 11.7 Å². The number of benzene rings is 1. The quantitative estimate of drug-likeness (QED) is 0.799. The first-order valence-corrected chi connectivity index (χ1v) is 6.02. The minimum atomic E-state index is 0.308. The van der Waals surface area contributed by atoms with Crippen molar-refractivity contribution < 1.29 is 5.11 Å². The summed E-state index contributed by atoms with van der Waals surface area (Å²) >= 11 is 0. The average molecular weight is 202 g/mol. The Morgan fingerprint density at radius 3 is 2.80 bits per heavy atom. The third kappa shape index (κ3) is 1.59. The summed E-state index contributed by atoms with van der Waals surface area (Å²) in [6, 6.07) is 8.82. The summed E-state index contributed by atoms with van der Waals surface area (Å²) in [6.45, 7) is 0.395. The fourth-order valence-corrected chi connectivity index (χ4v) is 2.98. The smallest absolute Gasteiger partial charge is 0.0487 e. The first-order valence-electron chi connectivity index (χ1n) is 6.02. The number of hydrogen-bond donors (Lipinski definition) is 1. The summed E-state index contributed by atoms with van der Waals surface area (Å²) < 4.78 is 0. The molecule has 2 aliphatic rings. The number of fused-ring (bicyclic) bond motifs is 1. The number of rotatable bonds is 3. The molecular weight excluding hydrogens is 184 g/mol. The van der Waals surface area contributed by atoms with Crippen LogP contribution in [0.3, 0.4) is 0 Å². The largest absolute Gasteiger partial charge is 0.396 e. The second kappa shape index (κ2) is 3.34. The normalized spacial score (nSPS) is 26.3. The van der Waals surface area contributed by atoms with Crippen LogP contribution in [0, 0.1) is 5.41 Å². The third-order valence-electron chi connectivity index (χ3n) is 4.23. The predicted octanol–water partition coefficient (Wildman–Crippen LogP) is 2.88. The molecule has 2 aliphatic carbocycles. The molecule has 1 N–H and O–H groups in total. The molecule has 1 unspecified atom stereocenters. The highest BCUT2D eigenvalue weighted by Gasteiger charge is 2.44. The Morgan fingerprint density at radius 2 is 2.07 bits per heavy atom. The van der Waals surface area contributed by atoms with Crippen LogP contribution in [0.1, 0.15) is 42.7 Å². The van der Waals surface area contributed by atoms with Gasteiger partial charge in [-0.1, -0.05) is 24.3 Å². The average Bonchev–Trinajstić information content (AvgIpc) is 2.95. The molecule has 3 rings (SSSR count). The molecule has 0 heterocycles. The van der Waals surface area contributed by atoms with Crippen molar-refractivity contribution in [1.82, 2.24) is 0 Å².